The van der Waals surface area contributed by atoms with Gasteiger partial charge in [0.15, 0.2) is 0 Å². The average molecular weight is 401 g/mol. The third-order valence-corrected chi connectivity index (χ3v) is 4.55. The Labute approximate surface area is 154 Å². The van der Waals surface area contributed by atoms with Crippen LogP contribution in [0.5, 0.6) is 11.6 Å². The van der Waals surface area contributed by atoms with Crippen molar-refractivity contribution in [3.05, 3.63) is 30.1 Å². The molecule has 1 fully saturated rings. The number of hydrogen-bond acceptors (Lipinski definition) is 5. The summed E-state index contributed by atoms with van der Waals surface area (Å²) in [5.74, 6) is -0.315. The van der Waals surface area contributed by atoms with Crippen LogP contribution < -0.4 is 14.2 Å². The van der Waals surface area contributed by atoms with Crippen molar-refractivity contribution >= 4 is 21.3 Å². The summed E-state index contributed by atoms with van der Waals surface area (Å²) in [6.07, 6.45) is 1.18. The number of alkyl halides is 2. The number of aromatic nitrogens is 2. The molecule has 6 nitrogen and oxygen atoms in total. The Bertz CT molecular complexity index is 967. The number of ether oxygens (including phenoxy) is 2. The van der Waals surface area contributed by atoms with Crippen molar-refractivity contribution in [2.24, 2.45) is 5.92 Å². The first-order valence-electron chi connectivity index (χ1n) is 7.91. The molecule has 0 amide bonds. The Kier molecular flexibility index (Phi) is 4.94. The van der Waals surface area contributed by atoms with Gasteiger partial charge in [0, 0.05) is 27.9 Å². The molecule has 1 aromatic carbocycles. The van der Waals surface area contributed by atoms with E-state index in [9.17, 15) is 17.4 Å². The molecule has 27 heavy (non-hydrogen) atoms. The molecule has 10 heteroatoms. The van der Waals surface area contributed by atoms with Crippen LogP contribution >= 0.6 is 0 Å². The van der Waals surface area contributed by atoms with Crippen LogP contribution in [0.15, 0.2) is 24.3 Å². The van der Waals surface area contributed by atoms with E-state index in [0.717, 1.165) is 6.07 Å². The van der Waals surface area contributed by atoms with Crippen LogP contribution in [-0.2, 0) is 9.71 Å². The Hall–Kier alpha value is -2.49. The summed E-state index contributed by atoms with van der Waals surface area (Å²) in [5.41, 5.74) is 0.412. The molecule has 0 radical (unpaired) electrons. The highest BCUT2D eigenvalue weighted by Gasteiger charge is 2.57. The Balaban J connectivity index is 1.88. The maximum absolute atomic E-state index is 14.3. The quantitative estimate of drug-likeness (QED) is 0.722. The molecule has 0 saturated heterocycles. The van der Waals surface area contributed by atoms with Crippen molar-refractivity contribution < 1.29 is 26.9 Å². The summed E-state index contributed by atoms with van der Waals surface area (Å²) in [5, 5.41) is 7.74. The third-order valence-electron chi connectivity index (χ3n) is 3.90. The molecule has 3 rings (SSSR count). The molecule has 1 heterocycles. The van der Waals surface area contributed by atoms with Crippen molar-refractivity contribution in [1.29, 1.82) is 0 Å². The van der Waals surface area contributed by atoms with Gasteiger partial charge in [-0.05, 0) is 30.1 Å². The van der Waals surface area contributed by atoms with E-state index in [0.29, 0.717) is 0 Å². The Morgan fingerprint density at radius 1 is 1.37 bits per heavy atom. The lowest BCUT2D eigenvalue weighted by Crippen LogP contribution is -2.11. The average Bonchev–Trinajstić information content (AvgIpc) is 3.19. The third kappa shape index (κ3) is 4.62. The molecule has 0 aliphatic heterocycles. The molecular weight excluding hydrogens is 383 g/mol. The van der Waals surface area contributed by atoms with Crippen molar-refractivity contribution in [1.82, 2.24) is 10.2 Å². The zero-order chi connectivity index (χ0) is 19.8. The number of nitrogens with zero attached hydrogens (tertiary/aromatic N) is 2. The minimum absolute atomic E-state index is 0.0555. The van der Waals surface area contributed by atoms with Crippen LogP contribution in [-0.4, -0.2) is 46.2 Å². The van der Waals surface area contributed by atoms with Gasteiger partial charge < -0.3 is 14.2 Å². The lowest BCUT2D eigenvalue weighted by molar-refractivity contribution is 0.0856. The number of benzene rings is 1. The predicted octanol–water partition coefficient (Wildman–Crippen LogP) is 3.00. The highest BCUT2D eigenvalue weighted by molar-refractivity contribution is 8.00. The first-order chi connectivity index (χ1) is 12.6. The van der Waals surface area contributed by atoms with E-state index in [1.165, 1.54) is 31.6 Å². The largest absolute Gasteiger partial charge is 0.493 e. The maximum Gasteiger partial charge on any atom is 0.257 e. The lowest BCUT2D eigenvalue weighted by atomic mass is 10.1. The van der Waals surface area contributed by atoms with Crippen LogP contribution in [0.2, 0.25) is 0 Å². The van der Waals surface area contributed by atoms with Crippen molar-refractivity contribution in [3.8, 4) is 22.9 Å². The van der Waals surface area contributed by atoms with E-state index >= 15 is 0 Å². The Morgan fingerprint density at radius 3 is 2.67 bits per heavy atom. The van der Waals surface area contributed by atoms with E-state index < -0.39 is 27.4 Å². The first-order valence-corrected chi connectivity index (χ1v) is 10.0. The van der Waals surface area contributed by atoms with Gasteiger partial charge in [-0.15, -0.1) is 10.2 Å². The molecule has 2 unspecified atom stereocenters. The number of methoxy groups -OCH3 is 1. The van der Waals surface area contributed by atoms with Gasteiger partial charge in [-0.1, -0.05) is 0 Å². The van der Waals surface area contributed by atoms with Gasteiger partial charge in [-0.25, -0.2) is 17.4 Å². The first kappa shape index (κ1) is 19.3. The normalized spacial score (nSPS) is 19.8. The molecular formula is C17H18F3N3O3S. The van der Waals surface area contributed by atoms with Crippen LogP contribution in [0, 0.1) is 11.7 Å². The summed E-state index contributed by atoms with van der Waals surface area (Å²) in [4.78, 5) is 0. The number of hydrogen-bond donors (Lipinski definition) is 1. The van der Waals surface area contributed by atoms with E-state index in [2.05, 4.69) is 20.8 Å². The minimum atomic E-state index is -2.69. The van der Waals surface area contributed by atoms with E-state index in [4.69, 9.17) is 9.47 Å². The van der Waals surface area contributed by atoms with Gasteiger partial charge in [0.25, 0.3) is 11.8 Å². The molecule has 0 spiro atoms. The zero-order valence-corrected chi connectivity index (χ0v) is 15.5. The fourth-order valence-electron chi connectivity index (χ4n) is 2.41. The fourth-order valence-corrected chi connectivity index (χ4v) is 3.02. The topological polar surface area (TPSA) is 73.3 Å². The zero-order valence-electron chi connectivity index (χ0n) is 14.7. The number of rotatable bonds is 7. The highest BCUT2D eigenvalue weighted by atomic mass is 32.2. The van der Waals surface area contributed by atoms with Gasteiger partial charge >= 0.3 is 0 Å². The van der Waals surface area contributed by atoms with E-state index in [-0.39, 0.29) is 41.6 Å². The summed E-state index contributed by atoms with van der Waals surface area (Å²) >= 11 is 0. The van der Waals surface area contributed by atoms with Gasteiger partial charge in [-0.2, -0.15) is 0 Å². The van der Waals surface area contributed by atoms with Crippen LogP contribution in [0.4, 0.5) is 18.9 Å². The standard InChI is InChI=1S/C17H18F3N3O3S/c1-25-16-15(23-27(2,3)24)7-14(21-22-16)12-6-11(4-5-13(12)18)26-9-10-8-17(10,19)20/h4-7,10H,2,8-9H2,1,3H3,(H,21,23,24). The van der Waals surface area contributed by atoms with Gasteiger partial charge in [0.1, 0.15) is 17.3 Å². The van der Waals surface area contributed by atoms with Crippen LogP contribution in [0.25, 0.3) is 11.3 Å². The summed E-state index contributed by atoms with van der Waals surface area (Å²) < 4.78 is 65.2. The SMILES string of the molecule is C=S(C)(=O)Nc1cc(-c2cc(OCC3CC3(F)F)ccc2F)nnc1OC. The molecule has 2 atom stereocenters. The molecule has 1 aliphatic carbocycles. The second-order valence-electron chi connectivity index (χ2n) is 6.37. The molecule has 1 N–H and O–H groups in total. The number of nitrogens with one attached hydrogen (secondary N) is 1. The summed E-state index contributed by atoms with van der Waals surface area (Å²) in [6, 6.07) is 5.27. The molecule has 1 saturated carbocycles. The van der Waals surface area contributed by atoms with Gasteiger partial charge in [0.2, 0.25) is 0 Å². The molecule has 2 aromatic rings. The number of halogens is 3. The second kappa shape index (κ2) is 6.91. The van der Waals surface area contributed by atoms with Crippen LogP contribution in [0.3, 0.4) is 0 Å². The lowest BCUT2D eigenvalue weighted by Gasteiger charge is -2.13. The fraction of sp³-hybridized carbons (Fsp3) is 0.353. The van der Waals surface area contributed by atoms with Crippen molar-refractivity contribution in [3.63, 3.8) is 0 Å². The van der Waals surface area contributed by atoms with Crippen molar-refractivity contribution in [2.75, 3.05) is 24.7 Å². The highest BCUT2D eigenvalue weighted by Crippen LogP contribution is 2.48. The number of anilines is 1. The smallest absolute Gasteiger partial charge is 0.257 e. The molecule has 1 aliphatic rings. The van der Waals surface area contributed by atoms with E-state index in [1.54, 1.807) is 0 Å². The monoisotopic (exact) mass is 401 g/mol. The van der Waals surface area contributed by atoms with Crippen molar-refractivity contribution in [2.45, 2.75) is 12.3 Å². The van der Waals surface area contributed by atoms with Gasteiger partial charge in [0.05, 0.1) is 25.3 Å². The second-order valence-corrected chi connectivity index (χ2v) is 8.59. The molecule has 0 bridgehead atoms. The summed E-state index contributed by atoms with van der Waals surface area (Å²) in [7, 11) is -1.28. The van der Waals surface area contributed by atoms with Crippen LogP contribution in [0.1, 0.15) is 6.42 Å². The molecule has 1 aromatic heterocycles. The summed E-state index contributed by atoms with van der Waals surface area (Å²) in [6.45, 7) is -0.154. The van der Waals surface area contributed by atoms with Gasteiger partial charge in [-0.3, -0.25) is 0 Å². The maximum atomic E-state index is 14.3. The Morgan fingerprint density at radius 2 is 2.07 bits per heavy atom. The minimum Gasteiger partial charge on any atom is -0.493 e. The van der Waals surface area contributed by atoms with E-state index in [1.807, 2.05) is 0 Å². The molecule has 146 valence electrons. The predicted molar refractivity (Wildman–Crippen MR) is 97.3 cm³/mol.